The van der Waals surface area contributed by atoms with E-state index in [0.717, 1.165) is 6.42 Å². The molecule has 94 valence electrons. The van der Waals surface area contributed by atoms with Crippen molar-refractivity contribution in [3.8, 4) is 0 Å². The minimum atomic E-state index is 0.179. The molecule has 0 N–H and O–H groups in total. The Bertz CT molecular complexity index is 548. The number of thioether (sulfide) groups is 1. The van der Waals surface area contributed by atoms with Crippen molar-refractivity contribution >= 4 is 28.3 Å². The molecule has 1 unspecified atom stereocenters. The van der Waals surface area contributed by atoms with E-state index in [-0.39, 0.29) is 5.92 Å². The van der Waals surface area contributed by atoms with Gasteiger partial charge >= 0.3 is 0 Å². The molecule has 0 bridgehead atoms. The summed E-state index contributed by atoms with van der Waals surface area (Å²) in [5.74, 6) is 1.10. The van der Waals surface area contributed by atoms with E-state index in [9.17, 15) is 4.79 Å². The summed E-state index contributed by atoms with van der Waals surface area (Å²) >= 11 is 1.64. The summed E-state index contributed by atoms with van der Waals surface area (Å²) in [5, 5.41) is 2.48. The van der Waals surface area contributed by atoms with Gasteiger partial charge in [0.2, 0.25) is 0 Å². The van der Waals surface area contributed by atoms with Crippen LogP contribution in [0.5, 0.6) is 0 Å². The summed E-state index contributed by atoms with van der Waals surface area (Å²) in [6.45, 7) is 4.06. The molecule has 2 heteroatoms. The second-order valence-corrected chi connectivity index (χ2v) is 5.62. The van der Waals surface area contributed by atoms with Crippen LogP contribution in [0.25, 0.3) is 10.8 Å². The van der Waals surface area contributed by atoms with E-state index >= 15 is 0 Å². The van der Waals surface area contributed by atoms with Crippen LogP contribution in [-0.2, 0) is 4.79 Å². The van der Waals surface area contributed by atoms with Crippen LogP contribution in [0.3, 0.4) is 0 Å². The topological polar surface area (TPSA) is 17.1 Å². The molecule has 0 heterocycles. The molecule has 0 aliphatic rings. The third kappa shape index (κ3) is 3.14. The molecule has 2 rings (SSSR count). The highest BCUT2D eigenvalue weighted by atomic mass is 32.2. The van der Waals surface area contributed by atoms with Gasteiger partial charge in [0.25, 0.3) is 0 Å². The second kappa shape index (κ2) is 6.05. The van der Waals surface area contributed by atoms with Crippen molar-refractivity contribution in [2.24, 2.45) is 5.92 Å². The molecule has 0 saturated heterocycles. The van der Waals surface area contributed by atoms with Crippen molar-refractivity contribution in [3.05, 3.63) is 42.5 Å². The lowest BCUT2D eigenvalue weighted by Gasteiger charge is -2.07. The zero-order chi connectivity index (χ0) is 13.0. The molecular weight excluding hydrogens is 240 g/mol. The van der Waals surface area contributed by atoms with Gasteiger partial charge in [-0.2, -0.15) is 0 Å². The van der Waals surface area contributed by atoms with E-state index < -0.39 is 0 Å². The molecule has 1 atom stereocenters. The molecule has 0 amide bonds. The largest absolute Gasteiger partial charge is 0.298 e. The first-order chi connectivity index (χ1) is 8.70. The van der Waals surface area contributed by atoms with Crippen LogP contribution < -0.4 is 0 Å². The molecule has 0 saturated carbocycles. The quantitative estimate of drug-likeness (QED) is 0.732. The lowest BCUT2D eigenvalue weighted by molar-refractivity contribution is -0.119. The zero-order valence-corrected chi connectivity index (χ0v) is 11.7. The Balaban J connectivity index is 2.06. The Morgan fingerprint density at radius 3 is 2.61 bits per heavy atom. The fraction of sp³-hybridized carbons (Fsp3) is 0.312. The maximum Gasteiger partial charge on any atom is 0.145 e. The van der Waals surface area contributed by atoms with Crippen molar-refractivity contribution in [2.75, 3.05) is 5.75 Å². The molecule has 0 aromatic heterocycles. The van der Waals surface area contributed by atoms with Crippen molar-refractivity contribution in [1.82, 2.24) is 0 Å². The SMILES string of the molecule is CCC(C)C(=O)CSc1ccc2ccccc2c1. The highest BCUT2D eigenvalue weighted by Crippen LogP contribution is 2.24. The van der Waals surface area contributed by atoms with Gasteiger partial charge in [-0.3, -0.25) is 4.79 Å². The van der Waals surface area contributed by atoms with Gasteiger partial charge in [0.15, 0.2) is 0 Å². The number of carbonyl (C=O) groups excluding carboxylic acids is 1. The first kappa shape index (κ1) is 13.2. The van der Waals surface area contributed by atoms with Gasteiger partial charge in [-0.05, 0) is 29.3 Å². The summed E-state index contributed by atoms with van der Waals surface area (Å²) in [6.07, 6.45) is 0.928. The van der Waals surface area contributed by atoms with E-state index in [1.165, 1.54) is 15.7 Å². The predicted molar refractivity (Wildman–Crippen MR) is 79.1 cm³/mol. The van der Waals surface area contributed by atoms with Crippen LogP contribution in [0.4, 0.5) is 0 Å². The van der Waals surface area contributed by atoms with E-state index in [4.69, 9.17) is 0 Å². The summed E-state index contributed by atoms with van der Waals surface area (Å²) < 4.78 is 0. The molecule has 0 fully saturated rings. The molecule has 0 aliphatic carbocycles. The van der Waals surface area contributed by atoms with Crippen molar-refractivity contribution in [3.63, 3.8) is 0 Å². The highest BCUT2D eigenvalue weighted by molar-refractivity contribution is 8.00. The molecule has 2 aromatic carbocycles. The standard InChI is InChI=1S/C16H18OS/c1-3-12(2)16(17)11-18-15-9-8-13-6-4-5-7-14(13)10-15/h4-10,12H,3,11H2,1-2H3. The highest BCUT2D eigenvalue weighted by Gasteiger charge is 2.10. The van der Waals surface area contributed by atoms with E-state index in [1.54, 1.807) is 11.8 Å². The third-order valence-electron chi connectivity index (χ3n) is 3.26. The fourth-order valence-corrected chi connectivity index (χ4v) is 2.75. The van der Waals surface area contributed by atoms with Crippen LogP contribution in [0.1, 0.15) is 20.3 Å². The molecule has 0 spiro atoms. The number of ketones is 1. The van der Waals surface area contributed by atoms with Gasteiger partial charge in [-0.25, -0.2) is 0 Å². The number of hydrogen-bond acceptors (Lipinski definition) is 2. The Morgan fingerprint density at radius 1 is 1.17 bits per heavy atom. The Hall–Kier alpha value is -1.28. The molecule has 18 heavy (non-hydrogen) atoms. The van der Waals surface area contributed by atoms with E-state index in [0.29, 0.717) is 11.5 Å². The van der Waals surface area contributed by atoms with E-state index in [1.807, 2.05) is 19.1 Å². The number of carbonyl (C=O) groups is 1. The average Bonchev–Trinajstić information content (AvgIpc) is 2.43. The summed E-state index contributed by atoms with van der Waals surface area (Å²) in [6, 6.07) is 14.7. The molecule has 0 radical (unpaired) electrons. The monoisotopic (exact) mass is 258 g/mol. The van der Waals surface area contributed by atoms with Crippen LogP contribution in [-0.4, -0.2) is 11.5 Å². The second-order valence-electron chi connectivity index (χ2n) is 4.57. The van der Waals surface area contributed by atoms with Crippen LogP contribution in [0.2, 0.25) is 0 Å². The van der Waals surface area contributed by atoms with Gasteiger partial charge in [-0.15, -0.1) is 11.8 Å². The summed E-state index contributed by atoms with van der Waals surface area (Å²) in [5.41, 5.74) is 0. The summed E-state index contributed by atoms with van der Waals surface area (Å²) in [7, 11) is 0. The molecule has 2 aromatic rings. The molecular formula is C16H18OS. The van der Waals surface area contributed by atoms with Crippen molar-refractivity contribution in [2.45, 2.75) is 25.2 Å². The number of fused-ring (bicyclic) bond motifs is 1. The predicted octanol–water partition coefficient (Wildman–Crippen LogP) is 4.55. The molecule has 1 nitrogen and oxygen atoms in total. The van der Waals surface area contributed by atoms with Gasteiger partial charge in [-0.1, -0.05) is 44.2 Å². The normalized spacial score (nSPS) is 12.6. The number of benzene rings is 2. The smallest absolute Gasteiger partial charge is 0.145 e. The Morgan fingerprint density at radius 2 is 1.89 bits per heavy atom. The number of Topliss-reactive ketones (excluding diaryl/α,β-unsaturated/α-hetero) is 1. The number of hydrogen-bond donors (Lipinski definition) is 0. The maximum absolute atomic E-state index is 11.8. The van der Waals surface area contributed by atoms with Gasteiger partial charge in [0, 0.05) is 10.8 Å². The van der Waals surface area contributed by atoms with Gasteiger partial charge in [0.05, 0.1) is 5.75 Å². The number of rotatable bonds is 5. The minimum absolute atomic E-state index is 0.179. The Labute approximate surface area is 113 Å². The molecule has 0 aliphatic heterocycles. The van der Waals surface area contributed by atoms with E-state index in [2.05, 4.69) is 37.3 Å². The lowest BCUT2D eigenvalue weighted by Crippen LogP contribution is -2.11. The Kier molecular flexibility index (Phi) is 4.43. The van der Waals surface area contributed by atoms with Crippen LogP contribution in [0.15, 0.2) is 47.4 Å². The van der Waals surface area contributed by atoms with Gasteiger partial charge < -0.3 is 0 Å². The van der Waals surface area contributed by atoms with Crippen molar-refractivity contribution < 1.29 is 4.79 Å². The zero-order valence-electron chi connectivity index (χ0n) is 10.8. The first-order valence-electron chi connectivity index (χ1n) is 6.35. The average molecular weight is 258 g/mol. The first-order valence-corrected chi connectivity index (χ1v) is 7.33. The van der Waals surface area contributed by atoms with Crippen molar-refractivity contribution in [1.29, 1.82) is 0 Å². The van der Waals surface area contributed by atoms with Gasteiger partial charge in [0.1, 0.15) is 5.78 Å². The van der Waals surface area contributed by atoms with Crippen LogP contribution >= 0.6 is 11.8 Å². The summed E-state index contributed by atoms with van der Waals surface area (Å²) in [4.78, 5) is 13.0. The lowest BCUT2D eigenvalue weighted by atomic mass is 10.1. The minimum Gasteiger partial charge on any atom is -0.298 e. The maximum atomic E-state index is 11.8. The van der Waals surface area contributed by atoms with Crippen LogP contribution in [0, 0.1) is 5.92 Å². The fourth-order valence-electron chi connectivity index (χ4n) is 1.78. The third-order valence-corrected chi connectivity index (χ3v) is 4.28.